The van der Waals surface area contributed by atoms with E-state index in [4.69, 9.17) is 0 Å². The summed E-state index contributed by atoms with van der Waals surface area (Å²) in [6.45, 7) is 4.75. The molecular formula is C91H62N2. The number of nitrogens with zero attached hydrogens (tertiary/aromatic N) is 2. The molecule has 0 heterocycles. The Morgan fingerprint density at radius 1 is 0.204 bits per heavy atom. The van der Waals surface area contributed by atoms with Gasteiger partial charge in [0.15, 0.2) is 0 Å². The fourth-order valence-corrected chi connectivity index (χ4v) is 15.3. The zero-order valence-electron chi connectivity index (χ0n) is 51.7. The van der Waals surface area contributed by atoms with E-state index in [1.54, 1.807) is 0 Å². The van der Waals surface area contributed by atoms with Crippen molar-refractivity contribution in [2.75, 3.05) is 9.80 Å². The molecule has 0 saturated carbocycles. The molecule has 1 aliphatic carbocycles. The average Bonchev–Trinajstić information content (AvgIpc) is 1.02. The van der Waals surface area contributed by atoms with Gasteiger partial charge >= 0.3 is 0 Å². The fourth-order valence-electron chi connectivity index (χ4n) is 15.3. The summed E-state index contributed by atoms with van der Waals surface area (Å²) in [5.74, 6) is 0. The first-order chi connectivity index (χ1) is 45.8. The second kappa shape index (κ2) is 21.7. The summed E-state index contributed by atoms with van der Waals surface area (Å²) >= 11 is 0. The quantitative estimate of drug-likeness (QED) is 0.126. The lowest BCUT2D eigenvalue weighted by Crippen LogP contribution is -2.14. The SMILES string of the molecule is CC1(C)c2ccccc2-c2ccc(-c3ccc4c(c3)c3ccccc3c3c(-c5ccc(N(c6ccc7ccccc7c6)c6ccc7ccccc7c6)cc5)cc(-c5ccccc5)c(-c5ccc(N(c6ccc7ccccc7c6)c6ccc7ccccc7c6)cc5)c43)cc21. The van der Waals surface area contributed by atoms with Crippen molar-refractivity contribution in [3.05, 3.63) is 351 Å². The second-order valence-electron chi connectivity index (χ2n) is 25.6. The van der Waals surface area contributed by atoms with E-state index in [1.807, 2.05) is 0 Å². The van der Waals surface area contributed by atoms with Crippen LogP contribution in [-0.2, 0) is 5.41 Å². The second-order valence-corrected chi connectivity index (χ2v) is 25.6. The van der Waals surface area contributed by atoms with Crippen molar-refractivity contribution in [2.24, 2.45) is 0 Å². The number of hydrogen-bond donors (Lipinski definition) is 0. The molecule has 0 atom stereocenters. The van der Waals surface area contributed by atoms with Gasteiger partial charge in [0.25, 0.3) is 0 Å². The summed E-state index contributed by atoms with van der Waals surface area (Å²) in [6.07, 6.45) is 0. The summed E-state index contributed by atoms with van der Waals surface area (Å²) in [6, 6.07) is 127. The number of hydrogen-bond acceptors (Lipinski definition) is 2. The molecule has 0 unspecified atom stereocenters. The molecule has 0 N–H and O–H groups in total. The Morgan fingerprint density at radius 2 is 0.591 bits per heavy atom. The van der Waals surface area contributed by atoms with E-state index in [1.165, 1.54) is 125 Å². The van der Waals surface area contributed by atoms with Gasteiger partial charge in [0.1, 0.15) is 0 Å². The standard InChI is InChI=1S/C91H62N2/c1-91(2)86-31-17-16-29-79(86)80-50-40-71(57-87(80)91)70-41-51-82-85(56-70)78-28-14-15-30-81(78)89-84(64-36-42-72(43-37-64)92(74-46-32-59-18-6-10-24-66(59)52-74)75-47-33-60-19-7-11-25-67(60)53-75)58-83(63-22-4-3-5-23-63)88(90(82)89)65-38-44-73(45-39-65)93(76-48-34-61-20-8-12-26-68(61)54-76)77-49-35-62-21-9-13-27-69(62)55-77/h3-58H,1-2H3. The Hall–Kier alpha value is -11.8. The Kier molecular flexibility index (Phi) is 12.6. The molecule has 0 spiro atoms. The first-order valence-electron chi connectivity index (χ1n) is 32.4. The maximum absolute atomic E-state index is 2.49. The van der Waals surface area contributed by atoms with Crippen LogP contribution in [0, 0.1) is 0 Å². The van der Waals surface area contributed by atoms with Gasteiger partial charge in [0.05, 0.1) is 0 Å². The molecule has 0 bridgehead atoms. The highest BCUT2D eigenvalue weighted by Crippen LogP contribution is 2.53. The predicted molar refractivity (Wildman–Crippen MR) is 398 cm³/mol. The van der Waals surface area contributed by atoms with Gasteiger partial charge in [-0.1, -0.05) is 263 Å². The minimum Gasteiger partial charge on any atom is -0.310 e. The van der Waals surface area contributed by atoms with Crippen LogP contribution in [0.2, 0.25) is 0 Å². The van der Waals surface area contributed by atoms with E-state index in [0.29, 0.717) is 0 Å². The first kappa shape index (κ1) is 54.1. The largest absolute Gasteiger partial charge is 0.310 e. The van der Waals surface area contributed by atoms with Crippen LogP contribution in [0.3, 0.4) is 0 Å². The van der Waals surface area contributed by atoms with E-state index in [2.05, 4.69) is 363 Å². The van der Waals surface area contributed by atoms with Crippen molar-refractivity contribution in [2.45, 2.75) is 19.3 Å². The van der Waals surface area contributed by atoms with Crippen molar-refractivity contribution in [1.29, 1.82) is 0 Å². The van der Waals surface area contributed by atoms with E-state index >= 15 is 0 Å². The molecule has 0 aromatic heterocycles. The molecular weight excluding hydrogens is 1120 g/mol. The van der Waals surface area contributed by atoms with Gasteiger partial charge in [0.2, 0.25) is 0 Å². The van der Waals surface area contributed by atoms with Gasteiger partial charge in [0, 0.05) is 39.5 Å². The Labute approximate surface area is 541 Å². The number of benzene rings is 17. The van der Waals surface area contributed by atoms with Crippen LogP contribution < -0.4 is 9.80 Å². The van der Waals surface area contributed by atoms with Crippen molar-refractivity contribution in [1.82, 2.24) is 0 Å². The Bertz CT molecular complexity index is 5680. The van der Waals surface area contributed by atoms with E-state index < -0.39 is 0 Å². The minimum absolute atomic E-state index is 0.123. The summed E-state index contributed by atoms with van der Waals surface area (Å²) in [5.41, 5.74) is 21.3. The summed E-state index contributed by atoms with van der Waals surface area (Å²) in [5, 5.41) is 17.0. The summed E-state index contributed by atoms with van der Waals surface area (Å²) < 4.78 is 0. The van der Waals surface area contributed by atoms with Gasteiger partial charge in [-0.2, -0.15) is 0 Å². The molecule has 17 aromatic carbocycles. The maximum atomic E-state index is 2.49. The van der Waals surface area contributed by atoms with E-state index in [0.717, 1.165) is 50.8 Å². The van der Waals surface area contributed by atoms with Crippen molar-refractivity contribution >= 4 is 110 Å². The number of anilines is 6. The van der Waals surface area contributed by atoms with Crippen molar-refractivity contribution in [3.63, 3.8) is 0 Å². The topological polar surface area (TPSA) is 6.48 Å². The average molecular weight is 1180 g/mol. The van der Waals surface area contributed by atoms with Crippen LogP contribution >= 0.6 is 0 Å². The molecule has 436 valence electrons. The van der Waals surface area contributed by atoms with Gasteiger partial charge in [-0.3, -0.25) is 0 Å². The molecule has 1 aliphatic rings. The molecule has 17 aromatic rings. The van der Waals surface area contributed by atoms with Gasteiger partial charge < -0.3 is 9.80 Å². The predicted octanol–water partition coefficient (Wildman–Crippen LogP) is 25.7. The van der Waals surface area contributed by atoms with Crippen LogP contribution in [0.15, 0.2) is 340 Å². The maximum Gasteiger partial charge on any atom is 0.0468 e. The first-order valence-corrected chi connectivity index (χ1v) is 32.4. The van der Waals surface area contributed by atoms with Crippen molar-refractivity contribution in [3.8, 4) is 55.6 Å². The fraction of sp³-hybridized carbons (Fsp3) is 0.0330. The van der Waals surface area contributed by atoms with Crippen LogP contribution in [0.25, 0.3) is 131 Å². The zero-order valence-corrected chi connectivity index (χ0v) is 51.7. The van der Waals surface area contributed by atoms with Gasteiger partial charge in [-0.05, 0) is 233 Å². The van der Waals surface area contributed by atoms with Crippen LogP contribution in [0.1, 0.15) is 25.0 Å². The molecule has 0 radical (unpaired) electrons. The molecule has 2 nitrogen and oxygen atoms in total. The lowest BCUT2D eigenvalue weighted by atomic mass is 9.80. The van der Waals surface area contributed by atoms with Gasteiger partial charge in [-0.15, -0.1) is 0 Å². The molecule has 0 amide bonds. The summed E-state index contributed by atoms with van der Waals surface area (Å²) in [4.78, 5) is 4.82. The highest BCUT2D eigenvalue weighted by atomic mass is 15.1. The molecule has 0 fully saturated rings. The smallest absolute Gasteiger partial charge is 0.0468 e. The normalized spacial score (nSPS) is 12.5. The van der Waals surface area contributed by atoms with Gasteiger partial charge in [-0.25, -0.2) is 0 Å². The molecule has 18 rings (SSSR count). The Morgan fingerprint density at radius 3 is 1.13 bits per heavy atom. The van der Waals surface area contributed by atoms with Crippen LogP contribution in [0.5, 0.6) is 0 Å². The Balaban J connectivity index is 0.870. The highest BCUT2D eigenvalue weighted by molar-refractivity contribution is 6.33. The summed E-state index contributed by atoms with van der Waals surface area (Å²) in [7, 11) is 0. The zero-order chi connectivity index (χ0) is 61.7. The van der Waals surface area contributed by atoms with Crippen molar-refractivity contribution < 1.29 is 0 Å². The third-order valence-electron chi connectivity index (χ3n) is 19.9. The monoisotopic (exact) mass is 1180 g/mol. The van der Waals surface area contributed by atoms with E-state index in [9.17, 15) is 0 Å². The molecule has 2 heteroatoms. The highest BCUT2D eigenvalue weighted by Gasteiger charge is 2.35. The minimum atomic E-state index is -0.123. The number of fused-ring (bicyclic) bond motifs is 13. The third kappa shape index (κ3) is 9.09. The van der Waals surface area contributed by atoms with Crippen LogP contribution in [-0.4, -0.2) is 0 Å². The third-order valence-corrected chi connectivity index (χ3v) is 19.9. The number of rotatable bonds is 10. The van der Waals surface area contributed by atoms with E-state index in [-0.39, 0.29) is 5.41 Å². The molecule has 0 aliphatic heterocycles. The van der Waals surface area contributed by atoms with Crippen LogP contribution in [0.4, 0.5) is 34.1 Å². The lowest BCUT2D eigenvalue weighted by molar-refractivity contribution is 0.660. The molecule has 0 saturated heterocycles. The molecule has 93 heavy (non-hydrogen) atoms. The lowest BCUT2D eigenvalue weighted by Gasteiger charge is -2.27.